The number of benzene rings is 2. The molecule has 1 heterocycles. The van der Waals surface area contributed by atoms with Gasteiger partial charge >= 0.3 is 0 Å². The van der Waals surface area contributed by atoms with E-state index in [9.17, 15) is 13.2 Å². The van der Waals surface area contributed by atoms with E-state index in [0.717, 1.165) is 12.0 Å². The molecule has 0 aliphatic heterocycles. The molecule has 6 heteroatoms. The van der Waals surface area contributed by atoms with Crippen LogP contribution in [0.3, 0.4) is 0 Å². The molecule has 0 spiro atoms. The van der Waals surface area contributed by atoms with E-state index < -0.39 is 10.0 Å². The number of hydrogen-bond acceptors (Lipinski definition) is 3. The van der Waals surface area contributed by atoms with Gasteiger partial charge in [0.1, 0.15) is 0 Å². The largest absolute Gasteiger partial charge is 0.322 e. The van der Waals surface area contributed by atoms with Gasteiger partial charge in [0, 0.05) is 11.6 Å². The maximum absolute atomic E-state index is 12.6. The fourth-order valence-electron chi connectivity index (χ4n) is 2.43. The molecule has 0 aliphatic rings. The number of anilines is 1. The van der Waals surface area contributed by atoms with Gasteiger partial charge in [-0.25, -0.2) is 8.42 Å². The van der Waals surface area contributed by atoms with Crippen LogP contribution in [-0.4, -0.2) is 13.4 Å². The molecule has 23 heavy (non-hydrogen) atoms. The number of aryl methyl sites for hydroxylation is 1. The van der Waals surface area contributed by atoms with E-state index in [-0.39, 0.29) is 10.5 Å². The van der Waals surface area contributed by atoms with Gasteiger partial charge in [0.25, 0.3) is 10.0 Å². The quantitative estimate of drug-likeness (QED) is 0.773. The Kier molecular flexibility index (Phi) is 3.92. The Labute approximate surface area is 134 Å². The monoisotopic (exact) mass is 328 g/mol. The molecule has 3 aromatic rings. The number of aromatic amines is 1. The second-order valence-corrected chi connectivity index (χ2v) is 6.87. The summed E-state index contributed by atoms with van der Waals surface area (Å²) in [4.78, 5) is 14.1. The number of hydrogen-bond donors (Lipinski definition) is 2. The number of fused-ring (bicyclic) bond motifs is 1. The smallest absolute Gasteiger partial charge is 0.261 e. The predicted octanol–water partition coefficient (Wildman–Crippen LogP) is 2.89. The van der Waals surface area contributed by atoms with Crippen LogP contribution >= 0.6 is 0 Å². The third kappa shape index (κ3) is 3.12. The van der Waals surface area contributed by atoms with Crippen LogP contribution in [0.25, 0.3) is 10.9 Å². The summed E-state index contributed by atoms with van der Waals surface area (Å²) in [5.41, 5.74) is 1.89. The molecule has 0 bridgehead atoms. The Morgan fingerprint density at radius 2 is 1.83 bits per heavy atom. The zero-order valence-electron chi connectivity index (χ0n) is 12.5. The molecule has 118 valence electrons. The molecule has 0 saturated heterocycles. The van der Waals surface area contributed by atoms with Crippen LogP contribution < -0.4 is 10.3 Å². The molecule has 1 aromatic heterocycles. The van der Waals surface area contributed by atoms with Gasteiger partial charge in [0.2, 0.25) is 5.56 Å². The summed E-state index contributed by atoms with van der Waals surface area (Å²) in [6, 6.07) is 14.9. The molecule has 0 radical (unpaired) electrons. The molecule has 3 rings (SSSR count). The number of rotatable bonds is 4. The number of pyridine rings is 1. The normalized spacial score (nSPS) is 11.5. The van der Waals surface area contributed by atoms with E-state index >= 15 is 0 Å². The van der Waals surface area contributed by atoms with Crippen LogP contribution in [0.5, 0.6) is 0 Å². The first-order valence-corrected chi connectivity index (χ1v) is 8.72. The lowest BCUT2D eigenvalue weighted by molar-refractivity contribution is 0.601. The molecule has 0 fully saturated rings. The van der Waals surface area contributed by atoms with Gasteiger partial charge in [-0.15, -0.1) is 0 Å². The molecule has 0 aliphatic carbocycles. The van der Waals surface area contributed by atoms with Crippen molar-refractivity contribution in [1.29, 1.82) is 0 Å². The van der Waals surface area contributed by atoms with Gasteiger partial charge in [-0.05, 0) is 47.7 Å². The zero-order valence-corrected chi connectivity index (χ0v) is 13.4. The first-order valence-electron chi connectivity index (χ1n) is 7.23. The third-order valence-corrected chi connectivity index (χ3v) is 5.01. The highest BCUT2D eigenvalue weighted by Gasteiger charge is 2.16. The fourth-order valence-corrected chi connectivity index (χ4v) is 3.57. The first-order chi connectivity index (χ1) is 11.0. The van der Waals surface area contributed by atoms with Crippen molar-refractivity contribution < 1.29 is 8.42 Å². The van der Waals surface area contributed by atoms with Crippen LogP contribution in [0.2, 0.25) is 0 Å². The molecule has 0 unspecified atom stereocenters. The van der Waals surface area contributed by atoms with E-state index in [1.54, 1.807) is 30.3 Å². The van der Waals surface area contributed by atoms with Crippen LogP contribution in [-0.2, 0) is 16.4 Å². The second-order valence-electron chi connectivity index (χ2n) is 5.19. The summed E-state index contributed by atoms with van der Waals surface area (Å²) in [5.74, 6) is 0. The van der Waals surface area contributed by atoms with Gasteiger partial charge in [0.15, 0.2) is 0 Å². The van der Waals surface area contributed by atoms with E-state index in [0.29, 0.717) is 16.6 Å². The number of sulfonamides is 1. The summed E-state index contributed by atoms with van der Waals surface area (Å²) in [5, 5.41) is 0.663. The van der Waals surface area contributed by atoms with Gasteiger partial charge in [-0.3, -0.25) is 9.52 Å². The van der Waals surface area contributed by atoms with Crippen molar-refractivity contribution in [1.82, 2.24) is 4.98 Å². The minimum Gasteiger partial charge on any atom is -0.322 e. The Morgan fingerprint density at radius 1 is 1.04 bits per heavy atom. The van der Waals surface area contributed by atoms with Gasteiger partial charge in [-0.1, -0.05) is 25.1 Å². The molecular weight excluding hydrogens is 312 g/mol. The van der Waals surface area contributed by atoms with Crippen molar-refractivity contribution in [2.24, 2.45) is 0 Å². The topological polar surface area (TPSA) is 79.0 Å². The highest BCUT2D eigenvalue weighted by molar-refractivity contribution is 7.92. The average Bonchev–Trinajstić information content (AvgIpc) is 2.54. The standard InChI is InChI=1S/C17H16N2O3S/c1-2-12-5-3-4-6-16(12)19-23(21,22)14-8-9-15-13(11-14)7-10-17(20)18-15/h3-11,19H,2H2,1H3,(H,18,20). The summed E-state index contributed by atoms with van der Waals surface area (Å²) < 4.78 is 27.8. The summed E-state index contributed by atoms with van der Waals surface area (Å²) in [7, 11) is -3.69. The van der Waals surface area contributed by atoms with Crippen LogP contribution in [0.1, 0.15) is 12.5 Å². The minimum absolute atomic E-state index is 0.156. The average molecular weight is 328 g/mol. The Morgan fingerprint density at radius 3 is 2.61 bits per heavy atom. The molecule has 2 N–H and O–H groups in total. The SMILES string of the molecule is CCc1ccccc1NS(=O)(=O)c1ccc2[nH]c(=O)ccc2c1. The van der Waals surface area contributed by atoms with Crippen molar-refractivity contribution in [2.75, 3.05) is 4.72 Å². The molecule has 0 atom stereocenters. The highest BCUT2D eigenvalue weighted by Crippen LogP contribution is 2.22. The number of nitrogens with one attached hydrogen (secondary N) is 2. The summed E-state index contributed by atoms with van der Waals surface area (Å²) in [6.45, 7) is 1.97. The van der Waals surface area contributed by atoms with Crippen LogP contribution in [0, 0.1) is 0 Å². The first kappa shape index (κ1) is 15.3. The lowest BCUT2D eigenvalue weighted by Gasteiger charge is -2.12. The molecular formula is C17H16N2O3S. The lowest BCUT2D eigenvalue weighted by atomic mass is 10.1. The maximum atomic E-state index is 12.6. The maximum Gasteiger partial charge on any atom is 0.261 e. The van der Waals surface area contributed by atoms with E-state index in [4.69, 9.17) is 0 Å². The molecule has 5 nitrogen and oxygen atoms in total. The minimum atomic E-state index is -3.69. The number of H-pyrrole nitrogens is 1. The van der Waals surface area contributed by atoms with Crippen LogP contribution in [0.15, 0.2) is 64.3 Å². The Balaban J connectivity index is 2.02. The molecule has 2 aromatic carbocycles. The van der Waals surface area contributed by atoms with E-state index in [2.05, 4.69) is 9.71 Å². The number of para-hydroxylation sites is 1. The van der Waals surface area contributed by atoms with Gasteiger partial charge in [-0.2, -0.15) is 0 Å². The summed E-state index contributed by atoms with van der Waals surface area (Å²) >= 11 is 0. The molecule has 0 saturated carbocycles. The van der Waals surface area contributed by atoms with Crippen LogP contribution in [0.4, 0.5) is 5.69 Å². The van der Waals surface area contributed by atoms with Crippen molar-refractivity contribution in [3.63, 3.8) is 0 Å². The number of aromatic nitrogens is 1. The zero-order chi connectivity index (χ0) is 16.4. The third-order valence-electron chi connectivity index (χ3n) is 3.65. The van der Waals surface area contributed by atoms with Crippen molar-refractivity contribution in [3.8, 4) is 0 Å². The van der Waals surface area contributed by atoms with Crippen molar-refractivity contribution >= 4 is 26.6 Å². The van der Waals surface area contributed by atoms with Crippen molar-refractivity contribution in [3.05, 3.63) is 70.5 Å². The second kappa shape index (κ2) is 5.89. The lowest BCUT2D eigenvalue weighted by Crippen LogP contribution is -2.14. The van der Waals surface area contributed by atoms with Gasteiger partial charge < -0.3 is 4.98 Å². The Bertz CT molecular complexity index is 1020. The van der Waals surface area contributed by atoms with Crippen molar-refractivity contribution in [2.45, 2.75) is 18.2 Å². The predicted molar refractivity (Wildman–Crippen MR) is 91.2 cm³/mol. The van der Waals surface area contributed by atoms with E-state index in [1.807, 2.05) is 19.1 Å². The fraction of sp³-hybridized carbons (Fsp3) is 0.118. The van der Waals surface area contributed by atoms with Gasteiger partial charge in [0.05, 0.1) is 10.6 Å². The highest BCUT2D eigenvalue weighted by atomic mass is 32.2. The Hall–Kier alpha value is -2.60. The summed E-state index contributed by atoms with van der Waals surface area (Å²) in [6.07, 6.45) is 0.734. The molecule has 0 amide bonds. The van der Waals surface area contributed by atoms with E-state index in [1.165, 1.54) is 12.1 Å².